The number of aromatic nitrogens is 3. The predicted octanol–water partition coefficient (Wildman–Crippen LogP) is 9.67. The van der Waals surface area contributed by atoms with Crippen molar-refractivity contribution in [2.75, 3.05) is 69.0 Å². The summed E-state index contributed by atoms with van der Waals surface area (Å²) in [5.41, 5.74) is 8.20. The number of hydrogen-bond acceptors (Lipinski definition) is 12. The van der Waals surface area contributed by atoms with Gasteiger partial charge in [0.05, 0.1) is 34.8 Å². The molecule has 10 rings (SSSR count). The zero-order chi connectivity index (χ0) is 44.8. The maximum absolute atomic E-state index is 17.8. The molecule has 0 radical (unpaired) electrons. The van der Waals surface area contributed by atoms with Crippen LogP contribution in [0.4, 0.5) is 47.4 Å². The Morgan fingerprint density at radius 2 is 1.75 bits per heavy atom. The first-order valence-electron chi connectivity index (χ1n) is 21.6. The Balaban J connectivity index is 1.12. The summed E-state index contributed by atoms with van der Waals surface area (Å²) in [6, 6.07) is 6.38. The molecule has 5 aliphatic rings. The van der Waals surface area contributed by atoms with Crippen LogP contribution < -0.4 is 25.8 Å². The second kappa shape index (κ2) is 15.8. The Labute approximate surface area is 367 Å². The molecule has 64 heavy (non-hydrogen) atoms. The molecule has 2 aliphatic carbocycles. The van der Waals surface area contributed by atoms with Gasteiger partial charge < -0.3 is 35.5 Å². The quantitative estimate of drug-likeness (QED) is 0.122. The molecule has 19 heteroatoms. The van der Waals surface area contributed by atoms with Gasteiger partial charge in [0.2, 0.25) is 0 Å². The summed E-state index contributed by atoms with van der Waals surface area (Å²) >= 11 is 0.672. The minimum absolute atomic E-state index is 0.0128. The average Bonchev–Trinajstić information content (AvgIpc) is 4.13. The molecule has 3 aromatic heterocycles. The molecule has 1 atom stereocenters. The van der Waals surface area contributed by atoms with E-state index in [4.69, 9.17) is 30.7 Å². The van der Waals surface area contributed by atoms with Gasteiger partial charge in [0.1, 0.15) is 52.0 Å². The number of alkyl halides is 5. The normalized spacial score (nSPS) is 20.8. The second-order valence-corrected chi connectivity index (χ2v) is 19.1. The van der Waals surface area contributed by atoms with E-state index in [0.29, 0.717) is 81.3 Å². The maximum atomic E-state index is 17.8. The van der Waals surface area contributed by atoms with Crippen LogP contribution in [0.3, 0.4) is 0 Å². The Bertz CT molecular complexity index is 2690. The van der Waals surface area contributed by atoms with Crippen molar-refractivity contribution >= 4 is 49.0 Å². The van der Waals surface area contributed by atoms with Crippen molar-refractivity contribution in [3.8, 4) is 29.0 Å². The number of pyridine rings is 1. The smallest absolute Gasteiger partial charge is 0.420 e. The number of benzene rings is 2. The topological polar surface area (TPSA) is 149 Å². The number of nitriles is 1. The van der Waals surface area contributed by atoms with Crippen molar-refractivity contribution < 1.29 is 44.9 Å². The lowest BCUT2D eigenvalue weighted by Gasteiger charge is -2.35. The van der Waals surface area contributed by atoms with Crippen molar-refractivity contribution in [2.45, 2.75) is 75.9 Å². The number of halogens is 7. The molecule has 0 amide bonds. The highest BCUT2D eigenvalue weighted by molar-refractivity contribution is 7.23. The van der Waals surface area contributed by atoms with Gasteiger partial charge in [-0.3, -0.25) is 0 Å². The van der Waals surface area contributed by atoms with E-state index in [1.54, 1.807) is 23.2 Å². The number of likely N-dealkylation sites (tertiary alicyclic amines) is 1. The number of thiophene rings is 1. The minimum atomic E-state index is -5.26. The van der Waals surface area contributed by atoms with Gasteiger partial charge in [-0.1, -0.05) is 12.1 Å². The molecule has 2 aromatic carbocycles. The van der Waals surface area contributed by atoms with Gasteiger partial charge >= 0.3 is 12.2 Å². The molecule has 4 fully saturated rings. The lowest BCUT2D eigenvalue weighted by atomic mass is 9.89. The van der Waals surface area contributed by atoms with Crippen molar-refractivity contribution in [1.29, 1.82) is 5.26 Å². The van der Waals surface area contributed by atoms with Crippen LogP contribution in [0.5, 0.6) is 11.8 Å². The van der Waals surface area contributed by atoms with Gasteiger partial charge in [0.25, 0.3) is 5.92 Å². The number of nitrogens with zero attached hydrogens (tertiary/aromatic N) is 6. The molecule has 338 valence electrons. The molecule has 4 N–H and O–H groups in total. The molecular weight excluding hydrogens is 866 g/mol. The Morgan fingerprint density at radius 1 is 1.00 bits per heavy atom. The van der Waals surface area contributed by atoms with Crippen LogP contribution in [0.15, 0.2) is 30.5 Å². The number of hydrogen-bond donors (Lipinski definition) is 2. The zero-order valence-corrected chi connectivity index (χ0v) is 35.5. The van der Waals surface area contributed by atoms with E-state index < -0.39 is 63.1 Å². The number of fused-ring (bicyclic) bond motifs is 1. The average molecular weight is 911 g/mol. The third-order valence-corrected chi connectivity index (χ3v) is 15.2. The monoisotopic (exact) mass is 910 g/mol. The Hall–Kier alpha value is -5.19. The van der Waals surface area contributed by atoms with Crippen LogP contribution in [-0.2, 0) is 10.9 Å². The Morgan fingerprint density at radius 3 is 2.42 bits per heavy atom. The zero-order valence-electron chi connectivity index (χ0n) is 34.7. The first kappa shape index (κ1) is 42.7. The van der Waals surface area contributed by atoms with E-state index in [-0.39, 0.29) is 75.3 Å². The minimum Gasteiger partial charge on any atom is -0.490 e. The van der Waals surface area contributed by atoms with Crippen LogP contribution in [0.1, 0.15) is 80.5 Å². The van der Waals surface area contributed by atoms with Gasteiger partial charge in [-0.25, -0.2) is 22.5 Å². The number of rotatable bonds is 11. The van der Waals surface area contributed by atoms with E-state index in [1.807, 2.05) is 6.07 Å². The van der Waals surface area contributed by atoms with Gasteiger partial charge in [-0.15, -0.1) is 11.3 Å². The highest BCUT2D eigenvalue weighted by atomic mass is 32.1. The summed E-state index contributed by atoms with van der Waals surface area (Å²) in [4.78, 5) is 17.6. The Kier molecular flexibility index (Phi) is 10.5. The standard InChI is InChI=1S/C45H45F7N8O3S/c46-28-5-4-26(30-27(20-53)39(55)64-37(28)30)31-33(45(50,51)52)36-32-35(34(31)47)57-41(63-23-42(9-10-42)22-59-14-11-43(12-15-59)21-44(43,48)49)58-40(32)60(16-19-62-36)29(25-2-1-13-56-38(25)54)6-3-24-7-17-61-18-8-24/h1-2,4-5,13,24,29H,3,6-12,14-19,21-23,55H2,(H2,54,56)/t29-/m1/s1. The summed E-state index contributed by atoms with van der Waals surface area (Å²) in [6.07, 6.45) is 1.38. The molecule has 0 unspecified atom stereocenters. The molecule has 5 aromatic rings. The second-order valence-electron chi connectivity index (χ2n) is 18.1. The first-order valence-corrected chi connectivity index (χ1v) is 22.4. The molecule has 3 aliphatic heterocycles. The number of nitrogen functional groups attached to an aromatic ring is 2. The fourth-order valence-electron chi connectivity index (χ4n) is 10.3. The third-order valence-electron chi connectivity index (χ3n) is 14.2. The summed E-state index contributed by atoms with van der Waals surface area (Å²) in [5.74, 6) is -5.17. The molecule has 1 spiro atoms. The van der Waals surface area contributed by atoms with Crippen molar-refractivity contribution in [3.05, 3.63) is 58.8 Å². The summed E-state index contributed by atoms with van der Waals surface area (Å²) in [5, 5.41) is 9.31. The van der Waals surface area contributed by atoms with Gasteiger partial charge in [0, 0.05) is 59.7 Å². The maximum Gasteiger partial charge on any atom is 0.420 e. The number of anilines is 3. The van der Waals surface area contributed by atoms with E-state index in [2.05, 4.69) is 14.9 Å². The number of piperidine rings is 1. The van der Waals surface area contributed by atoms with Crippen molar-refractivity contribution in [1.82, 2.24) is 19.9 Å². The molecule has 2 saturated carbocycles. The van der Waals surface area contributed by atoms with Gasteiger partial charge in [0.15, 0.2) is 5.82 Å². The molecular formula is C45H45F7N8O3S. The fraction of sp³-hybridized carbons (Fsp3) is 0.511. The van der Waals surface area contributed by atoms with Crippen molar-refractivity contribution in [2.24, 2.45) is 16.7 Å². The third kappa shape index (κ3) is 7.38. The number of ether oxygens (including phenoxy) is 3. The molecule has 6 heterocycles. The highest BCUT2D eigenvalue weighted by Crippen LogP contribution is 2.66. The largest absolute Gasteiger partial charge is 0.490 e. The lowest BCUT2D eigenvalue weighted by molar-refractivity contribution is -0.138. The van der Waals surface area contributed by atoms with Crippen molar-refractivity contribution in [3.63, 3.8) is 0 Å². The highest BCUT2D eigenvalue weighted by Gasteiger charge is 2.70. The van der Waals surface area contributed by atoms with Crippen LogP contribution in [0.2, 0.25) is 0 Å². The molecule has 2 saturated heterocycles. The summed E-state index contributed by atoms with van der Waals surface area (Å²) < 4.78 is 127. The summed E-state index contributed by atoms with van der Waals surface area (Å²) in [7, 11) is 0. The van der Waals surface area contributed by atoms with Gasteiger partial charge in [-0.2, -0.15) is 28.4 Å². The van der Waals surface area contributed by atoms with Crippen LogP contribution in [-0.4, -0.2) is 78.4 Å². The van der Waals surface area contributed by atoms with E-state index in [9.17, 15) is 14.0 Å². The van der Waals surface area contributed by atoms with Crippen LogP contribution in [0, 0.1) is 39.7 Å². The van der Waals surface area contributed by atoms with Crippen LogP contribution >= 0.6 is 11.3 Å². The number of nitrogens with two attached hydrogens (primary N) is 2. The van der Waals surface area contributed by atoms with Gasteiger partial charge in [-0.05, 0) is 88.1 Å². The lowest BCUT2D eigenvalue weighted by Crippen LogP contribution is -2.41. The van der Waals surface area contributed by atoms with E-state index >= 15 is 22.0 Å². The van der Waals surface area contributed by atoms with E-state index in [1.165, 1.54) is 0 Å². The predicted molar refractivity (Wildman–Crippen MR) is 226 cm³/mol. The molecule has 11 nitrogen and oxygen atoms in total. The van der Waals surface area contributed by atoms with E-state index in [0.717, 1.165) is 37.8 Å². The summed E-state index contributed by atoms with van der Waals surface area (Å²) in [6.45, 7) is 2.59. The first-order chi connectivity index (χ1) is 30.6. The molecule has 0 bridgehead atoms. The SMILES string of the molecule is N#Cc1c(N)sc2c(F)ccc(-c3c(C(F)(F)F)c4c5c(nc(OCC6(CN7CCC8(CC7)CC8(F)F)CC6)nc5c3F)N([C@H](CCC3CCOCC3)c3cccnc3N)CCO4)c12. The van der Waals surface area contributed by atoms with Crippen LogP contribution in [0.25, 0.3) is 32.1 Å². The fourth-order valence-corrected chi connectivity index (χ4v) is 11.2.